The van der Waals surface area contributed by atoms with Crippen molar-refractivity contribution in [1.29, 1.82) is 0 Å². The van der Waals surface area contributed by atoms with E-state index in [-0.39, 0.29) is 5.56 Å². The minimum Gasteiger partial charge on any atom is -0.382 e. The molecule has 18 heavy (non-hydrogen) atoms. The molecule has 0 bridgehead atoms. The second kappa shape index (κ2) is 5.76. The highest BCUT2D eigenvalue weighted by molar-refractivity contribution is 9.10. The molecule has 0 fully saturated rings. The molecule has 2 aromatic rings. The Kier molecular flexibility index (Phi) is 4.08. The maximum absolute atomic E-state index is 11.8. The van der Waals surface area contributed by atoms with Gasteiger partial charge in [0.2, 0.25) is 5.89 Å². The smallest absolute Gasteiger partial charge is 0.283 e. The first-order chi connectivity index (χ1) is 8.72. The summed E-state index contributed by atoms with van der Waals surface area (Å²) in [5.74, 6) is 0.550. The van der Waals surface area contributed by atoms with Crippen molar-refractivity contribution < 1.29 is 4.52 Å². The number of anilines is 1. The minimum absolute atomic E-state index is 0.153. The Morgan fingerprint density at radius 2 is 2.39 bits per heavy atom. The number of hydrogen-bond donors (Lipinski definition) is 1. The topological polar surface area (TPSA) is 85.8 Å². The molecule has 96 valence electrons. The summed E-state index contributed by atoms with van der Waals surface area (Å²) >= 11 is 3.26. The van der Waals surface area contributed by atoms with Gasteiger partial charge in [-0.2, -0.15) is 10.1 Å². The van der Waals surface area contributed by atoms with E-state index in [1.807, 2.05) is 6.92 Å². The monoisotopic (exact) mass is 313 g/mol. The van der Waals surface area contributed by atoms with E-state index in [0.29, 0.717) is 35.6 Å². The molecule has 2 heterocycles. The van der Waals surface area contributed by atoms with Crippen LogP contribution < -0.4 is 10.9 Å². The second-order valence-electron chi connectivity index (χ2n) is 3.50. The summed E-state index contributed by atoms with van der Waals surface area (Å²) in [5, 5.41) is 10.6. The van der Waals surface area contributed by atoms with Crippen molar-refractivity contribution in [2.45, 2.75) is 19.9 Å². The molecule has 0 unspecified atom stereocenters. The van der Waals surface area contributed by atoms with Crippen LogP contribution in [0.4, 0.5) is 5.69 Å². The molecule has 0 aliphatic carbocycles. The Morgan fingerprint density at radius 1 is 1.56 bits per heavy atom. The van der Waals surface area contributed by atoms with Crippen LogP contribution in [0.25, 0.3) is 0 Å². The first-order valence-electron chi connectivity index (χ1n) is 5.47. The van der Waals surface area contributed by atoms with Gasteiger partial charge in [-0.25, -0.2) is 4.68 Å². The van der Waals surface area contributed by atoms with Crippen molar-refractivity contribution in [3.05, 3.63) is 33.2 Å². The first-order valence-corrected chi connectivity index (χ1v) is 6.26. The second-order valence-corrected chi connectivity index (χ2v) is 4.30. The Hall–Kier alpha value is -1.70. The predicted octanol–water partition coefficient (Wildman–Crippen LogP) is 1.06. The lowest BCUT2D eigenvalue weighted by Gasteiger charge is -2.08. The van der Waals surface area contributed by atoms with Gasteiger partial charge in [-0.05, 0) is 22.9 Å². The molecular weight excluding hydrogens is 302 g/mol. The van der Waals surface area contributed by atoms with Crippen LogP contribution in [0.5, 0.6) is 0 Å². The molecule has 0 saturated heterocycles. The van der Waals surface area contributed by atoms with Gasteiger partial charge in [-0.3, -0.25) is 4.79 Å². The maximum atomic E-state index is 11.8. The lowest BCUT2D eigenvalue weighted by Crippen LogP contribution is -2.24. The summed E-state index contributed by atoms with van der Waals surface area (Å²) in [6.45, 7) is 2.99. The highest BCUT2D eigenvalue weighted by Crippen LogP contribution is 2.15. The van der Waals surface area contributed by atoms with E-state index in [0.717, 1.165) is 0 Å². The predicted molar refractivity (Wildman–Crippen MR) is 68.4 cm³/mol. The third-order valence-electron chi connectivity index (χ3n) is 2.35. The molecule has 0 aliphatic heterocycles. The van der Waals surface area contributed by atoms with Crippen molar-refractivity contribution in [2.75, 3.05) is 11.9 Å². The molecule has 2 aromatic heterocycles. The molecule has 0 spiro atoms. The molecule has 1 N–H and O–H groups in total. The number of halogens is 1. The molecule has 7 nitrogen and oxygen atoms in total. The van der Waals surface area contributed by atoms with Gasteiger partial charge in [-0.15, -0.1) is 0 Å². The largest absolute Gasteiger partial charge is 0.382 e. The standard InChI is InChI=1S/C10H12BrN5O2/c1-2-16-10(17)9(11)7(5-14-16)12-4-3-8-13-6-15-18-8/h5-6,12H,2-4H2,1H3. The lowest BCUT2D eigenvalue weighted by atomic mass is 10.4. The van der Waals surface area contributed by atoms with E-state index in [1.54, 1.807) is 6.20 Å². The zero-order chi connectivity index (χ0) is 13.0. The van der Waals surface area contributed by atoms with Crippen LogP contribution in [0.2, 0.25) is 0 Å². The normalized spacial score (nSPS) is 10.6. The number of nitrogens with zero attached hydrogens (tertiary/aromatic N) is 4. The number of aromatic nitrogens is 4. The number of hydrogen-bond acceptors (Lipinski definition) is 6. The SMILES string of the molecule is CCn1ncc(NCCc2ncno2)c(Br)c1=O. The van der Waals surface area contributed by atoms with Crippen LogP contribution in [-0.2, 0) is 13.0 Å². The fourth-order valence-corrected chi connectivity index (χ4v) is 1.87. The van der Waals surface area contributed by atoms with Gasteiger partial charge in [0.1, 0.15) is 4.47 Å². The summed E-state index contributed by atoms with van der Waals surface area (Å²) in [6.07, 6.45) is 3.56. The molecule has 2 rings (SSSR count). The highest BCUT2D eigenvalue weighted by atomic mass is 79.9. The highest BCUT2D eigenvalue weighted by Gasteiger charge is 2.07. The van der Waals surface area contributed by atoms with Crippen LogP contribution in [0.1, 0.15) is 12.8 Å². The van der Waals surface area contributed by atoms with Crippen LogP contribution in [-0.4, -0.2) is 26.5 Å². The van der Waals surface area contributed by atoms with Crippen molar-refractivity contribution in [3.8, 4) is 0 Å². The minimum atomic E-state index is -0.153. The van der Waals surface area contributed by atoms with Gasteiger partial charge in [0.15, 0.2) is 6.33 Å². The van der Waals surface area contributed by atoms with Crippen LogP contribution in [0, 0.1) is 0 Å². The zero-order valence-corrected chi connectivity index (χ0v) is 11.3. The van der Waals surface area contributed by atoms with Crippen molar-refractivity contribution in [3.63, 3.8) is 0 Å². The van der Waals surface area contributed by atoms with Crippen LogP contribution in [0.15, 0.2) is 26.3 Å². The van der Waals surface area contributed by atoms with Gasteiger partial charge < -0.3 is 9.84 Å². The molecular formula is C10H12BrN5O2. The summed E-state index contributed by atoms with van der Waals surface area (Å²) in [6, 6.07) is 0. The van der Waals surface area contributed by atoms with E-state index in [2.05, 4.69) is 36.5 Å². The quantitative estimate of drug-likeness (QED) is 0.888. The molecule has 0 aliphatic rings. The van der Waals surface area contributed by atoms with Crippen LogP contribution >= 0.6 is 15.9 Å². The molecule has 0 amide bonds. The number of aryl methyl sites for hydroxylation is 1. The molecule has 0 atom stereocenters. The average molecular weight is 314 g/mol. The van der Waals surface area contributed by atoms with Gasteiger partial charge in [0.05, 0.1) is 11.9 Å². The molecule has 0 saturated carbocycles. The van der Waals surface area contributed by atoms with Gasteiger partial charge in [0.25, 0.3) is 5.56 Å². The van der Waals surface area contributed by atoms with E-state index in [9.17, 15) is 4.79 Å². The molecule has 0 aromatic carbocycles. The van der Waals surface area contributed by atoms with Gasteiger partial charge in [-0.1, -0.05) is 5.16 Å². The van der Waals surface area contributed by atoms with E-state index in [4.69, 9.17) is 4.52 Å². The van der Waals surface area contributed by atoms with E-state index >= 15 is 0 Å². The van der Waals surface area contributed by atoms with Crippen molar-refractivity contribution in [1.82, 2.24) is 19.9 Å². The zero-order valence-electron chi connectivity index (χ0n) is 9.76. The fourth-order valence-electron chi connectivity index (χ4n) is 1.42. The first kappa shape index (κ1) is 12.7. The summed E-state index contributed by atoms with van der Waals surface area (Å²) in [7, 11) is 0. The maximum Gasteiger partial charge on any atom is 0.283 e. The average Bonchev–Trinajstić information content (AvgIpc) is 2.88. The fraction of sp³-hybridized carbons (Fsp3) is 0.400. The summed E-state index contributed by atoms with van der Waals surface area (Å²) < 4.78 is 6.73. The van der Waals surface area contributed by atoms with E-state index < -0.39 is 0 Å². The third-order valence-corrected chi connectivity index (χ3v) is 3.11. The summed E-state index contributed by atoms with van der Waals surface area (Å²) in [4.78, 5) is 15.7. The Labute approximate surface area is 111 Å². The van der Waals surface area contributed by atoms with E-state index in [1.165, 1.54) is 11.0 Å². The number of rotatable bonds is 5. The Morgan fingerprint density at radius 3 is 3.06 bits per heavy atom. The summed E-state index contributed by atoms with van der Waals surface area (Å²) in [5.41, 5.74) is 0.504. The third kappa shape index (κ3) is 2.76. The van der Waals surface area contributed by atoms with Crippen LogP contribution in [0.3, 0.4) is 0 Å². The molecule has 0 radical (unpaired) electrons. The van der Waals surface area contributed by atoms with Crippen molar-refractivity contribution in [2.24, 2.45) is 0 Å². The van der Waals surface area contributed by atoms with Gasteiger partial charge in [0, 0.05) is 19.5 Å². The molecule has 8 heteroatoms. The van der Waals surface area contributed by atoms with Crippen molar-refractivity contribution >= 4 is 21.6 Å². The number of nitrogens with one attached hydrogen (secondary N) is 1. The lowest BCUT2D eigenvalue weighted by molar-refractivity contribution is 0.380. The Balaban J connectivity index is 2.02. The van der Waals surface area contributed by atoms with Gasteiger partial charge >= 0.3 is 0 Å². The Bertz CT molecular complexity index is 566.